The fourth-order valence-corrected chi connectivity index (χ4v) is 1.14. The highest BCUT2D eigenvalue weighted by molar-refractivity contribution is 5.28. The van der Waals surface area contributed by atoms with Crippen LogP contribution in [-0.4, -0.2) is 25.0 Å². The fraction of sp³-hybridized carbons (Fsp3) is 0.429. The summed E-state index contributed by atoms with van der Waals surface area (Å²) in [6.45, 7) is 1.87. The minimum absolute atomic E-state index is 0.904. The molecule has 0 atom stereocenters. The van der Waals surface area contributed by atoms with Crippen LogP contribution >= 0.6 is 0 Å². The second-order valence-electron chi connectivity index (χ2n) is 2.48. The Morgan fingerprint density at radius 1 is 1.45 bits per heavy atom. The molecular formula is C7H14N4. The average molecular weight is 154 g/mol. The lowest BCUT2D eigenvalue weighted by Gasteiger charge is -2.30. The average Bonchev–Trinajstić information content (AvgIpc) is 2.04. The zero-order valence-corrected chi connectivity index (χ0v) is 6.67. The van der Waals surface area contributed by atoms with Crippen LogP contribution in [0.5, 0.6) is 0 Å². The third-order valence-electron chi connectivity index (χ3n) is 1.77. The van der Waals surface area contributed by atoms with Crippen molar-refractivity contribution in [2.45, 2.75) is 0 Å². The molecule has 0 aromatic carbocycles. The molecule has 0 saturated carbocycles. The molecular weight excluding hydrogens is 140 g/mol. The van der Waals surface area contributed by atoms with Gasteiger partial charge < -0.3 is 21.7 Å². The van der Waals surface area contributed by atoms with Crippen LogP contribution in [0.25, 0.3) is 0 Å². The largest absolute Gasteiger partial charge is 0.403 e. The van der Waals surface area contributed by atoms with E-state index in [-0.39, 0.29) is 0 Å². The van der Waals surface area contributed by atoms with Gasteiger partial charge in [0.1, 0.15) is 0 Å². The summed E-state index contributed by atoms with van der Waals surface area (Å²) < 4.78 is 0. The van der Waals surface area contributed by atoms with Crippen LogP contribution in [0.15, 0.2) is 23.8 Å². The standard InChI is InChI=1S/C7H14N4/c1-11-3-2-10-6(4-8)7(11)5-9/h4-5,10H,2-3,8-9H2,1H3/b6-4+,7-5+. The highest BCUT2D eigenvalue weighted by atomic mass is 15.2. The van der Waals surface area contributed by atoms with Gasteiger partial charge in [0.15, 0.2) is 0 Å². The molecule has 5 N–H and O–H groups in total. The molecule has 0 radical (unpaired) electrons. The van der Waals surface area contributed by atoms with E-state index in [1.165, 1.54) is 6.20 Å². The first-order valence-electron chi connectivity index (χ1n) is 3.58. The topological polar surface area (TPSA) is 67.3 Å². The van der Waals surface area contributed by atoms with Crippen molar-refractivity contribution in [3.05, 3.63) is 23.8 Å². The van der Waals surface area contributed by atoms with E-state index in [1.807, 2.05) is 7.05 Å². The molecule has 0 unspecified atom stereocenters. The highest BCUT2D eigenvalue weighted by Crippen LogP contribution is 2.11. The molecule has 62 valence electrons. The molecule has 0 spiro atoms. The van der Waals surface area contributed by atoms with Gasteiger partial charge >= 0.3 is 0 Å². The van der Waals surface area contributed by atoms with E-state index in [4.69, 9.17) is 11.5 Å². The molecule has 0 aliphatic carbocycles. The Bertz CT molecular complexity index is 195. The predicted molar refractivity (Wildman–Crippen MR) is 45.2 cm³/mol. The molecule has 4 heteroatoms. The summed E-state index contributed by atoms with van der Waals surface area (Å²) in [6, 6.07) is 0. The SMILES string of the molecule is CN1CCNC(=C/N)/C1=C\N. The molecule has 1 aliphatic rings. The van der Waals surface area contributed by atoms with E-state index < -0.39 is 0 Å². The number of nitrogens with one attached hydrogen (secondary N) is 1. The zero-order valence-electron chi connectivity index (χ0n) is 6.67. The van der Waals surface area contributed by atoms with Crippen molar-refractivity contribution in [3.63, 3.8) is 0 Å². The lowest BCUT2D eigenvalue weighted by atomic mass is 10.2. The molecule has 1 aliphatic heterocycles. The molecule has 1 heterocycles. The van der Waals surface area contributed by atoms with Crippen LogP contribution in [0.3, 0.4) is 0 Å². The number of likely N-dealkylation sites (N-methyl/N-ethyl adjacent to an activating group) is 1. The van der Waals surface area contributed by atoms with Crippen molar-refractivity contribution in [3.8, 4) is 0 Å². The van der Waals surface area contributed by atoms with Crippen LogP contribution in [0.2, 0.25) is 0 Å². The van der Waals surface area contributed by atoms with E-state index in [2.05, 4.69) is 10.2 Å². The summed E-state index contributed by atoms with van der Waals surface area (Å²) in [5, 5.41) is 3.15. The minimum Gasteiger partial charge on any atom is -0.403 e. The van der Waals surface area contributed by atoms with Gasteiger partial charge in [0, 0.05) is 32.5 Å². The van der Waals surface area contributed by atoms with Crippen molar-refractivity contribution >= 4 is 0 Å². The number of hydrogen-bond donors (Lipinski definition) is 3. The number of nitrogens with two attached hydrogens (primary N) is 2. The van der Waals surface area contributed by atoms with Gasteiger partial charge in [-0.25, -0.2) is 0 Å². The second kappa shape index (κ2) is 3.18. The highest BCUT2D eigenvalue weighted by Gasteiger charge is 2.13. The summed E-state index contributed by atoms with van der Waals surface area (Å²) in [5.74, 6) is 0. The van der Waals surface area contributed by atoms with E-state index in [9.17, 15) is 0 Å². The maximum absolute atomic E-state index is 5.42. The Morgan fingerprint density at radius 3 is 2.64 bits per heavy atom. The van der Waals surface area contributed by atoms with E-state index in [0.717, 1.165) is 24.5 Å². The summed E-state index contributed by atoms with van der Waals surface area (Å²) in [7, 11) is 1.99. The monoisotopic (exact) mass is 154 g/mol. The predicted octanol–water partition coefficient (Wildman–Crippen LogP) is -0.878. The lowest BCUT2D eigenvalue weighted by molar-refractivity contribution is 0.384. The maximum atomic E-state index is 5.42. The lowest BCUT2D eigenvalue weighted by Crippen LogP contribution is -2.38. The number of rotatable bonds is 0. The minimum atomic E-state index is 0.904. The van der Waals surface area contributed by atoms with E-state index in [1.54, 1.807) is 6.20 Å². The van der Waals surface area contributed by atoms with Gasteiger partial charge in [-0.05, 0) is 0 Å². The van der Waals surface area contributed by atoms with Crippen molar-refractivity contribution in [2.75, 3.05) is 20.1 Å². The van der Waals surface area contributed by atoms with Crippen LogP contribution in [-0.2, 0) is 0 Å². The van der Waals surface area contributed by atoms with Crippen molar-refractivity contribution in [1.82, 2.24) is 10.2 Å². The molecule has 0 aromatic heterocycles. The first-order chi connectivity index (χ1) is 5.29. The first kappa shape index (κ1) is 7.78. The first-order valence-corrected chi connectivity index (χ1v) is 3.58. The van der Waals surface area contributed by atoms with E-state index >= 15 is 0 Å². The van der Waals surface area contributed by atoms with Gasteiger partial charge in [0.25, 0.3) is 0 Å². The summed E-state index contributed by atoms with van der Waals surface area (Å²) >= 11 is 0. The molecule has 4 nitrogen and oxygen atoms in total. The van der Waals surface area contributed by atoms with Crippen LogP contribution in [0, 0.1) is 0 Å². The number of hydrogen-bond acceptors (Lipinski definition) is 4. The molecule has 0 amide bonds. The van der Waals surface area contributed by atoms with Gasteiger partial charge in [-0.15, -0.1) is 0 Å². The van der Waals surface area contributed by atoms with Crippen LogP contribution < -0.4 is 16.8 Å². The fourth-order valence-electron chi connectivity index (χ4n) is 1.14. The van der Waals surface area contributed by atoms with Crippen molar-refractivity contribution < 1.29 is 0 Å². The summed E-state index contributed by atoms with van der Waals surface area (Å²) in [6.07, 6.45) is 3.10. The Balaban J connectivity index is 2.81. The third kappa shape index (κ3) is 1.39. The molecule has 1 fully saturated rings. The van der Waals surface area contributed by atoms with E-state index in [0.29, 0.717) is 0 Å². The number of nitrogens with zero attached hydrogens (tertiary/aromatic N) is 1. The Kier molecular flexibility index (Phi) is 2.25. The van der Waals surface area contributed by atoms with Gasteiger partial charge in [0.05, 0.1) is 11.4 Å². The summed E-state index contributed by atoms with van der Waals surface area (Å²) in [5.41, 5.74) is 12.7. The molecule has 0 aromatic rings. The Hall–Kier alpha value is -1.32. The van der Waals surface area contributed by atoms with Crippen molar-refractivity contribution in [2.24, 2.45) is 11.5 Å². The quantitative estimate of drug-likeness (QED) is 0.424. The molecule has 1 rings (SSSR count). The second-order valence-corrected chi connectivity index (χ2v) is 2.48. The summed E-state index contributed by atoms with van der Waals surface area (Å²) in [4.78, 5) is 2.06. The molecule has 0 bridgehead atoms. The normalized spacial score (nSPS) is 25.7. The van der Waals surface area contributed by atoms with Gasteiger partial charge in [-0.1, -0.05) is 0 Å². The van der Waals surface area contributed by atoms with Crippen molar-refractivity contribution in [1.29, 1.82) is 0 Å². The maximum Gasteiger partial charge on any atom is 0.0772 e. The Labute approximate surface area is 66.5 Å². The zero-order chi connectivity index (χ0) is 8.27. The molecule has 1 saturated heterocycles. The van der Waals surface area contributed by atoms with Gasteiger partial charge in [-0.2, -0.15) is 0 Å². The third-order valence-corrected chi connectivity index (χ3v) is 1.77. The molecule has 11 heavy (non-hydrogen) atoms. The van der Waals surface area contributed by atoms with Crippen LogP contribution in [0.4, 0.5) is 0 Å². The van der Waals surface area contributed by atoms with Crippen LogP contribution in [0.1, 0.15) is 0 Å². The van der Waals surface area contributed by atoms with Gasteiger partial charge in [0.2, 0.25) is 0 Å². The smallest absolute Gasteiger partial charge is 0.0772 e. The Morgan fingerprint density at radius 2 is 2.18 bits per heavy atom. The van der Waals surface area contributed by atoms with Gasteiger partial charge in [-0.3, -0.25) is 0 Å². The number of piperazine rings is 1.